The molecule has 2 N–H and O–H groups in total. The van der Waals surface area contributed by atoms with Gasteiger partial charge in [0.05, 0.1) is 0 Å². The average Bonchev–Trinajstić information content (AvgIpc) is 2.86. The highest BCUT2D eigenvalue weighted by Gasteiger charge is 2.26. The van der Waals surface area contributed by atoms with E-state index in [1.54, 1.807) is 0 Å². The van der Waals surface area contributed by atoms with E-state index in [0.29, 0.717) is 13.0 Å². The van der Waals surface area contributed by atoms with Crippen LogP contribution in [0.1, 0.15) is 30.9 Å². The van der Waals surface area contributed by atoms with Gasteiger partial charge in [-0.3, -0.25) is 9.59 Å². The van der Waals surface area contributed by atoms with Crippen molar-refractivity contribution in [3.8, 4) is 0 Å². The molecule has 0 saturated heterocycles. The van der Waals surface area contributed by atoms with Crippen LogP contribution in [-0.2, 0) is 22.4 Å². The third kappa shape index (κ3) is 3.83. The zero-order valence-electron chi connectivity index (χ0n) is 11.8. The standard InChI is InChI=1S/C16H21NO3/c1-11(6-7-15(18)19)10-17-16(20)14-8-12-4-2-3-5-13(12)9-14/h2-5,11,14H,6-10H2,1H3,(H,17,20)(H,18,19). The Morgan fingerprint density at radius 1 is 1.30 bits per heavy atom. The van der Waals surface area contributed by atoms with Gasteiger partial charge >= 0.3 is 5.97 Å². The summed E-state index contributed by atoms with van der Waals surface area (Å²) in [4.78, 5) is 22.6. The zero-order chi connectivity index (χ0) is 14.5. The number of carboxylic acids is 1. The van der Waals surface area contributed by atoms with Gasteiger partial charge in [0.15, 0.2) is 0 Å². The molecule has 1 aliphatic rings. The molecule has 0 radical (unpaired) electrons. The second-order valence-electron chi connectivity index (χ2n) is 5.66. The van der Waals surface area contributed by atoms with Crippen LogP contribution in [0, 0.1) is 11.8 Å². The molecule has 4 heteroatoms. The van der Waals surface area contributed by atoms with Crippen molar-refractivity contribution >= 4 is 11.9 Å². The summed E-state index contributed by atoms with van der Waals surface area (Å²) in [5.41, 5.74) is 2.54. The van der Waals surface area contributed by atoms with E-state index in [-0.39, 0.29) is 24.2 Å². The van der Waals surface area contributed by atoms with Gasteiger partial charge < -0.3 is 10.4 Å². The average molecular weight is 275 g/mol. The van der Waals surface area contributed by atoms with Gasteiger partial charge in [0.2, 0.25) is 5.91 Å². The van der Waals surface area contributed by atoms with Crippen LogP contribution >= 0.6 is 0 Å². The lowest BCUT2D eigenvalue weighted by Gasteiger charge is -2.14. The second kappa shape index (κ2) is 6.55. The van der Waals surface area contributed by atoms with Crippen LogP contribution in [0.25, 0.3) is 0 Å². The van der Waals surface area contributed by atoms with E-state index >= 15 is 0 Å². The minimum Gasteiger partial charge on any atom is -0.481 e. The fraction of sp³-hybridized carbons (Fsp3) is 0.500. The molecule has 1 aliphatic carbocycles. The molecule has 0 spiro atoms. The predicted molar refractivity (Wildman–Crippen MR) is 76.4 cm³/mol. The molecular weight excluding hydrogens is 254 g/mol. The molecule has 0 aliphatic heterocycles. The molecule has 1 unspecified atom stereocenters. The summed E-state index contributed by atoms with van der Waals surface area (Å²) in [6.07, 6.45) is 2.38. The number of hydrogen-bond donors (Lipinski definition) is 2. The highest BCUT2D eigenvalue weighted by Crippen LogP contribution is 2.26. The highest BCUT2D eigenvalue weighted by atomic mass is 16.4. The fourth-order valence-corrected chi connectivity index (χ4v) is 2.64. The lowest BCUT2D eigenvalue weighted by molar-refractivity contribution is -0.137. The topological polar surface area (TPSA) is 66.4 Å². The number of amides is 1. The van der Waals surface area contributed by atoms with E-state index in [4.69, 9.17) is 5.11 Å². The van der Waals surface area contributed by atoms with Crippen LogP contribution in [0.15, 0.2) is 24.3 Å². The molecule has 108 valence electrons. The summed E-state index contributed by atoms with van der Waals surface area (Å²) in [6.45, 7) is 2.52. The van der Waals surface area contributed by atoms with Crippen molar-refractivity contribution in [1.29, 1.82) is 0 Å². The van der Waals surface area contributed by atoms with Gasteiger partial charge in [-0.25, -0.2) is 0 Å². The first kappa shape index (κ1) is 14.6. The number of rotatable bonds is 6. The number of aliphatic carboxylic acids is 1. The van der Waals surface area contributed by atoms with Gasteiger partial charge in [0.25, 0.3) is 0 Å². The van der Waals surface area contributed by atoms with Crippen molar-refractivity contribution in [1.82, 2.24) is 5.32 Å². The maximum absolute atomic E-state index is 12.1. The van der Waals surface area contributed by atoms with Gasteiger partial charge in [0.1, 0.15) is 0 Å². The summed E-state index contributed by atoms with van der Waals surface area (Å²) >= 11 is 0. The van der Waals surface area contributed by atoms with E-state index in [1.807, 2.05) is 19.1 Å². The van der Waals surface area contributed by atoms with Gasteiger partial charge in [0, 0.05) is 18.9 Å². The van der Waals surface area contributed by atoms with E-state index in [1.165, 1.54) is 11.1 Å². The van der Waals surface area contributed by atoms with Crippen LogP contribution in [0.5, 0.6) is 0 Å². The Kier molecular flexibility index (Phi) is 4.77. The third-order valence-corrected chi connectivity index (χ3v) is 3.90. The number of fused-ring (bicyclic) bond motifs is 1. The SMILES string of the molecule is CC(CCC(=O)O)CNC(=O)C1Cc2ccccc2C1. The normalized spacial score (nSPS) is 15.7. The van der Waals surface area contributed by atoms with Crippen molar-refractivity contribution in [2.45, 2.75) is 32.6 Å². The summed E-state index contributed by atoms with van der Waals surface area (Å²) in [5.74, 6) is -0.476. The molecule has 4 nitrogen and oxygen atoms in total. The second-order valence-corrected chi connectivity index (χ2v) is 5.66. The molecule has 0 heterocycles. The molecule has 0 bridgehead atoms. The van der Waals surface area contributed by atoms with Gasteiger partial charge in [-0.2, -0.15) is 0 Å². The van der Waals surface area contributed by atoms with E-state index in [9.17, 15) is 9.59 Å². The maximum atomic E-state index is 12.1. The summed E-state index contributed by atoms with van der Waals surface area (Å²) in [5, 5.41) is 11.6. The lowest BCUT2D eigenvalue weighted by atomic mass is 10.0. The van der Waals surface area contributed by atoms with Crippen LogP contribution in [0.4, 0.5) is 0 Å². The Hall–Kier alpha value is -1.84. The zero-order valence-corrected chi connectivity index (χ0v) is 11.8. The minimum absolute atomic E-state index is 0.0269. The first-order chi connectivity index (χ1) is 9.56. The van der Waals surface area contributed by atoms with E-state index < -0.39 is 5.97 Å². The van der Waals surface area contributed by atoms with Crippen LogP contribution in [0.3, 0.4) is 0 Å². The Balaban J connectivity index is 1.75. The third-order valence-electron chi connectivity index (χ3n) is 3.90. The molecule has 0 fully saturated rings. The smallest absolute Gasteiger partial charge is 0.303 e. The van der Waals surface area contributed by atoms with Gasteiger partial charge in [-0.1, -0.05) is 31.2 Å². The van der Waals surface area contributed by atoms with Crippen LogP contribution in [0.2, 0.25) is 0 Å². The summed E-state index contributed by atoms with van der Waals surface area (Å²) in [7, 11) is 0. The largest absolute Gasteiger partial charge is 0.481 e. The molecule has 1 aromatic rings. The van der Waals surface area contributed by atoms with Crippen LogP contribution in [-0.4, -0.2) is 23.5 Å². The molecule has 20 heavy (non-hydrogen) atoms. The molecule has 2 rings (SSSR count). The predicted octanol–water partition coefficient (Wildman–Crippen LogP) is 2.02. The molecule has 0 aromatic heterocycles. The van der Waals surface area contributed by atoms with Gasteiger partial charge in [-0.15, -0.1) is 0 Å². The number of benzene rings is 1. The Morgan fingerprint density at radius 2 is 1.90 bits per heavy atom. The number of carboxylic acid groups (broad SMARTS) is 1. The molecule has 1 amide bonds. The minimum atomic E-state index is -0.783. The quantitative estimate of drug-likeness (QED) is 0.834. The fourth-order valence-electron chi connectivity index (χ4n) is 2.64. The van der Waals surface area contributed by atoms with E-state index in [2.05, 4.69) is 17.4 Å². The molecular formula is C16H21NO3. The number of carbonyl (C=O) groups excluding carboxylic acids is 1. The highest BCUT2D eigenvalue weighted by molar-refractivity contribution is 5.80. The molecule has 0 saturated carbocycles. The lowest BCUT2D eigenvalue weighted by Crippen LogP contribution is -2.34. The number of hydrogen-bond acceptors (Lipinski definition) is 2. The summed E-state index contributed by atoms with van der Waals surface area (Å²) in [6, 6.07) is 8.18. The first-order valence-electron chi connectivity index (χ1n) is 7.12. The Labute approximate surface area is 119 Å². The number of nitrogens with one attached hydrogen (secondary N) is 1. The first-order valence-corrected chi connectivity index (χ1v) is 7.12. The Morgan fingerprint density at radius 3 is 2.45 bits per heavy atom. The van der Waals surface area contributed by atoms with Gasteiger partial charge in [-0.05, 0) is 36.3 Å². The monoisotopic (exact) mass is 275 g/mol. The Bertz CT molecular complexity index is 473. The number of carbonyl (C=O) groups is 2. The van der Waals surface area contributed by atoms with E-state index in [0.717, 1.165) is 12.8 Å². The van der Waals surface area contributed by atoms with Crippen LogP contribution < -0.4 is 5.32 Å². The van der Waals surface area contributed by atoms with Crippen molar-refractivity contribution in [3.05, 3.63) is 35.4 Å². The van der Waals surface area contributed by atoms with Crippen molar-refractivity contribution in [3.63, 3.8) is 0 Å². The van der Waals surface area contributed by atoms with Crippen molar-refractivity contribution in [2.24, 2.45) is 11.8 Å². The maximum Gasteiger partial charge on any atom is 0.303 e. The molecule has 1 atom stereocenters. The summed E-state index contributed by atoms with van der Waals surface area (Å²) < 4.78 is 0. The van der Waals surface area contributed by atoms with Crippen molar-refractivity contribution in [2.75, 3.05) is 6.54 Å². The molecule has 1 aromatic carbocycles. The van der Waals surface area contributed by atoms with Crippen molar-refractivity contribution < 1.29 is 14.7 Å².